The van der Waals surface area contributed by atoms with E-state index in [0.717, 1.165) is 25.0 Å². The predicted molar refractivity (Wildman–Crippen MR) is 249 cm³/mol. The second-order valence-electron chi connectivity index (χ2n) is 15.2. The van der Waals surface area contributed by atoms with E-state index in [9.17, 15) is 29.6 Å². The van der Waals surface area contributed by atoms with Crippen LogP contribution in [0.15, 0.2) is 47.3 Å². The molecule has 5 rings (SSSR count). The molecule has 1 aromatic heterocycles. The van der Waals surface area contributed by atoms with Crippen molar-refractivity contribution in [3.63, 3.8) is 0 Å². The number of nitro benzene ring substituents is 1. The molecular formula is C45H65N5O16S. The maximum atomic E-state index is 12.6. The molecule has 5 N–H and O–H groups in total. The first-order valence-electron chi connectivity index (χ1n) is 22.7. The van der Waals surface area contributed by atoms with Gasteiger partial charge in [0.15, 0.2) is 5.75 Å². The lowest BCUT2D eigenvalue weighted by atomic mass is 10.0. The molecule has 0 unspecified atom stereocenters. The van der Waals surface area contributed by atoms with E-state index < -0.39 is 16.1 Å². The van der Waals surface area contributed by atoms with Gasteiger partial charge in [0.05, 0.1) is 142 Å². The third kappa shape index (κ3) is 19.5. The number of nitro groups is 1. The number of hydrogen-bond acceptors (Lipinski definition) is 18. The normalized spacial score (nSPS) is 16.5. The monoisotopic (exact) mass is 963 g/mol. The van der Waals surface area contributed by atoms with Gasteiger partial charge < -0.3 is 73.4 Å². The number of amides is 2. The zero-order valence-electron chi connectivity index (χ0n) is 37.9. The fourth-order valence-corrected chi connectivity index (χ4v) is 8.63. The van der Waals surface area contributed by atoms with E-state index in [2.05, 4.69) is 20.9 Å². The van der Waals surface area contributed by atoms with Gasteiger partial charge in [-0.3, -0.25) is 19.7 Å². The van der Waals surface area contributed by atoms with Crippen LogP contribution in [0.4, 0.5) is 16.2 Å². The molecule has 372 valence electrons. The maximum absolute atomic E-state index is 12.6. The standard InChI is InChI=1S/C45H65N5O16S/c51-40(8-4-3-7-39-42-37(32-67-39)48-45(54)49-42)66-30-29-65-28-27-64-26-25-63-24-23-62-22-21-61-20-19-60-18-17-59-16-15-58-14-13-57-12-11-46-36-10-9-33(31-38(36)50(55)56)41-44(53)43(52)34-5-1-2-6-35(34)47-41/h1-2,5-6,9-10,31,37,39,42,46,53H,3-4,7-8,11-30,32H2,(H,47,52)(H2,48,49,54)/t37-,39-,42-/m0/s1. The number of aromatic nitrogens is 1. The fraction of sp³-hybridized carbons (Fsp3) is 0.622. The average molecular weight is 964 g/mol. The molecule has 3 heterocycles. The Morgan fingerprint density at radius 3 is 1.82 bits per heavy atom. The van der Waals surface area contributed by atoms with Crippen LogP contribution in [0.1, 0.15) is 25.7 Å². The minimum atomic E-state index is -0.558. The number of carbonyl (C=O) groups is 2. The number of pyridine rings is 1. The molecule has 67 heavy (non-hydrogen) atoms. The minimum absolute atomic E-state index is 0.0797. The number of aromatic amines is 1. The van der Waals surface area contributed by atoms with E-state index in [1.54, 1.807) is 30.3 Å². The van der Waals surface area contributed by atoms with Gasteiger partial charge >= 0.3 is 12.0 Å². The number of aromatic hydroxyl groups is 1. The van der Waals surface area contributed by atoms with E-state index in [4.69, 9.17) is 47.4 Å². The number of fused-ring (bicyclic) bond motifs is 2. The summed E-state index contributed by atoms with van der Waals surface area (Å²) in [4.78, 5) is 50.4. The van der Waals surface area contributed by atoms with Gasteiger partial charge in [-0.25, -0.2) is 4.79 Å². The van der Waals surface area contributed by atoms with Crippen molar-refractivity contribution in [2.75, 3.05) is 143 Å². The summed E-state index contributed by atoms with van der Waals surface area (Å²) in [6.45, 7) is 7.86. The molecule has 0 spiro atoms. The van der Waals surface area contributed by atoms with Gasteiger partial charge in [0.1, 0.15) is 12.3 Å². The van der Waals surface area contributed by atoms with Gasteiger partial charge in [-0.2, -0.15) is 11.8 Å². The van der Waals surface area contributed by atoms with Crippen LogP contribution < -0.4 is 21.4 Å². The van der Waals surface area contributed by atoms with Crippen LogP contribution in [0.3, 0.4) is 0 Å². The number of urea groups is 1. The average Bonchev–Trinajstić information content (AvgIpc) is 3.89. The Morgan fingerprint density at radius 2 is 1.25 bits per heavy atom. The lowest BCUT2D eigenvalue weighted by molar-refractivity contribution is -0.383. The van der Waals surface area contributed by atoms with E-state index in [1.807, 2.05) is 11.8 Å². The second kappa shape index (κ2) is 31.4. The number of nitrogens with zero attached hydrogens (tertiary/aromatic N) is 1. The smallest absolute Gasteiger partial charge is 0.315 e. The van der Waals surface area contributed by atoms with Crippen molar-refractivity contribution in [1.29, 1.82) is 0 Å². The van der Waals surface area contributed by atoms with Crippen molar-refractivity contribution in [2.45, 2.75) is 43.0 Å². The largest absolute Gasteiger partial charge is 0.503 e. The highest BCUT2D eigenvalue weighted by Gasteiger charge is 2.42. The van der Waals surface area contributed by atoms with Gasteiger partial charge in [-0.05, 0) is 31.0 Å². The van der Waals surface area contributed by atoms with Crippen LogP contribution in [-0.2, 0) is 52.2 Å². The number of para-hydroxylation sites is 1. The molecule has 21 nitrogen and oxygen atoms in total. The highest BCUT2D eigenvalue weighted by Crippen LogP contribution is 2.34. The fourth-order valence-electron chi connectivity index (χ4n) is 7.09. The number of carbonyl (C=O) groups excluding carboxylic acids is 2. The lowest BCUT2D eigenvalue weighted by Gasteiger charge is -2.16. The Labute approximate surface area is 393 Å². The molecule has 2 saturated heterocycles. The zero-order chi connectivity index (χ0) is 47.3. The number of nitrogens with one attached hydrogen (secondary N) is 4. The van der Waals surface area contributed by atoms with Crippen molar-refractivity contribution in [3.8, 4) is 17.0 Å². The van der Waals surface area contributed by atoms with Crippen LogP contribution in [0, 0.1) is 10.1 Å². The highest BCUT2D eigenvalue weighted by molar-refractivity contribution is 8.00. The Kier molecular flexibility index (Phi) is 25.0. The Hall–Kier alpha value is -4.62. The summed E-state index contributed by atoms with van der Waals surface area (Å²) in [5, 5.41) is 32.0. The second-order valence-corrected chi connectivity index (χ2v) is 16.5. The predicted octanol–water partition coefficient (Wildman–Crippen LogP) is 3.64. The van der Waals surface area contributed by atoms with E-state index in [1.165, 1.54) is 12.1 Å². The molecule has 0 radical (unpaired) electrons. The molecule has 2 fully saturated rings. The van der Waals surface area contributed by atoms with Crippen LogP contribution in [-0.4, -0.2) is 182 Å². The van der Waals surface area contributed by atoms with Crippen molar-refractivity contribution in [3.05, 3.63) is 62.8 Å². The molecular weight excluding hydrogens is 899 g/mol. The zero-order valence-corrected chi connectivity index (χ0v) is 38.7. The van der Waals surface area contributed by atoms with Gasteiger partial charge in [0.2, 0.25) is 5.43 Å². The van der Waals surface area contributed by atoms with Gasteiger partial charge in [-0.15, -0.1) is 0 Å². The van der Waals surface area contributed by atoms with Crippen molar-refractivity contribution >= 4 is 46.0 Å². The molecule has 22 heteroatoms. The summed E-state index contributed by atoms with van der Waals surface area (Å²) >= 11 is 1.88. The number of thioether (sulfide) groups is 1. The quantitative estimate of drug-likeness (QED) is 0.0181. The Balaban J connectivity index is 0.706. The first-order valence-corrected chi connectivity index (χ1v) is 23.8. The van der Waals surface area contributed by atoms with Crippen molar-refractivity contribution in [1.82, 2.24) is 15.6 Å². The Bertz CT molecular complexity index is 2000. The number of benzene rings is 2. The molecule has 2 aromatic carbocycles. The minimum Gasteiger partial charge on any atom is -0.503 e. The molecule has 3 aromatic rings. The van der Waals surface area contributed by atoms with Gasteiger partial charge in [0, 0.05) is 46.5 Å². The number of rotatable bonds is 38. The number of anilines is 1. The Morgan fingerprint density at radius 1 is 0.716 bits per heavy atom. The van der Waals surface area contributed by atoms with Crippen LogP contribution in [0.25, 0.3) is 22.2 Å². The van der Waals surface area contributed by atoms with Crippen LogP contribution in [0.5, 0.6) is 5.75 Å². The maximum Gasteiger partial charge on any atom is 0.315 e. The molecule has 0 saturated carbocycles. The molecule has 2 amide bonds. The van der Waals surface area contributed by atoms with Crippen LogP contribution in [0.2, 0.25) is 0 Å². The SMILES string of the molecule is O=C1N[C@H]2[C@H](CS[C@H]2CCCCC(=O)OCCOCCOCCOCCOCCOCCOCCOCCOCCOCCNc2ccc(-c3[nH]c4ccccc4c(=O)c3O)cc2[N+](=O)[O-])N1. The summed E-state index contributed by atoms with van der Waals surface area (Å²) in [6.07, 6.45) is 3.04. The number of H-pyrrole nitrogens is 1. The van der Waals surface area contributed by atoms with Gasteiger partial charge in [0.25, 0.3) is 5.69 Å². The summed E-state index contributed by atoms with van der Waals surface area (Å²) in [5.41, 5.74) is 0.427. The molecule has 2 aliphatic heterocycles. The molecule has 0 bridgehead atoms. The van der Waals surface area contributed by atoms with Crippen molar-refractivity contribution < 1.29 is 67.0 Å². The van der Waals surface area contributed by atoms with Gasteiger partial charge in [-0.1, -0.05) is 24.6 Å². The van der Waals surface area contributed by atoms with Crippen LogP contribution >= 0.6 is 11.8 Å². The summed E-state index contributed by atoms with van der Waals surface area (Å²) in [5.74, 6) is 0.210. The van der Waals surface area contributed by atoms with E-state index in [-0.39, 0.29) is 54.4 Å². The summed E-state index contributed by atoms with van der Waals surface area (Å²) in [6, 6.07) is 11.5. The number of unbranched alkanes of at least 4 members (excludes halogenated alkanes) is 1. The molecule has 0 aliphatic carbocycles. The first-order chi connectivity index (χ1) is 32.8. The third-order valence-corrected chi connectivity index (χ3v) is 12.0. The topological polar surface area (TPSA) is 259 Å². The number of ether oxygens (including phenoxy) is 10. The van der Waals surface area contributed by atoms with E-state index >= 15 is 0 Å². The third-order valence-electron chi connectivity index (χ3n) is 10.5. The summed E-state index contributed by atoms with van der Waals surface area (Å²) < 4.78 is 54.8. The molecule has 3 atom stereocenters. The van der Waals surface area contributed by atoms with Crippen molar-refractivity contribution in [2.24, 2.45) is 0 Å². The summed E-state index contributed by atoms with van der Waals surface area (Å²) in [7, 11) is 0. The molecule has 2 aliphatic rings. The highest BCUT2D eigenvalue weighted by atomic mass is 32.2. The first kappa shape index (κ1) is 53.3. The number of esters is 1. The lowest BCUT2D eigenvalue weighted by Crippen LogP contribution is -2.36. The van der Waals surface area contributed by atoms with E-state index in [0.29, 0.717) is 147 Å². The number of hydrogen-bond donors (Lipinski definition) is 5.